The highest BCUT2D eigenvalue weighted by Gasteiger charge is 2.26. The Morgan fingerprint density at radius 3 is 2.48 bits per heavy atom. The molecule has 0 saturated carbocycles. The molecular formula is C17H24N2O5S. The van der Waals surface area contributed by atoms with Crippen molar-refractivity contribution >= 4 is 15.9 Å². The number of rotatable bonds is 5. The highest BCUT2D eigenvalue weighted by atomic mass is 32.2. The van der Waals surface area contributed by atoms with Gasteiger partial charge in [0.2, 0.25) is 10.0 Å². The summed E-state index contributed by atoms with van der Waals surface area (Å²) in [4.78, 5) is 14.1. The van der Waals surface area contributed by atoms with Crippen molar-refractivity contribution in [3.8, 4) is 0 Å². The Hall–Kier alpha value is -1.48. The van der Waals surface area contributed by atoms with Gasteiger partial charge in [-0.2, -0.15) is 0 Å². The average molecular weight is 368 g/mol. The van der Waals surface area contributed by atoms with E-state index in [-0.39, 0.29) is 10.8 Å². The maximum atomic E-state index is 12.4. The van der Waals surface area contributed by atoms with Crippen LogP contribution >= 0.6 is 0 Å². The number of aliphatic hydroxyl groups is 1. The minimum Gasteiger partial charge on any atom is -0.391 e. The lowest BCUT2D eigenvalue weighted by atomic mass is 10.0. The van der Waals surface area contributed by atoms with Crippen molar-refractivity contribution in [1.29, 1.82) is 0 Å². The predicted octanol–water partition coefficient (Wildman–Crippen LogP) is 0.598. The number of likely N-dealkylation sites (tertiary alicyclic amines) is 1. The van der Waals surface area contributed by atoms with Crippen molar-refractivity contribution < 1.29 is 23.1 Å². The van der Waals surface area contributed by atoms with Crippen molar-refractivity contribution in [2.24, 2.45) is 5.92 Å². The highest BCUT2D eigenvalue weighted by molar-refractivity contribution is 7.89. The van der Waals surface area contributed by atoms with E-state index in [1.165, 1.54) is 24.3 Å². The van der Waals surface area contributed by atoms with Gasteiger partial charge in [0.1, 0.15) is 0 Å². The van der Waals surface area contributed by atoms with Gasteiger partial charge in [-0.15, -0.1) is 0 Å². The van der Waals surface area contributed by atoms with Crippen LogP contribution in [0.1, 0.15) is 29.6 Å². The highest BCUT2D eigenvalue weighted by Crippen LogP contribution is 2.17. The Labute approximate surface area is 148 Å². The third-order valence-electron chi connectivity index (χ3n) is 4.77. The van der Waals surface area contributed by atoms with Gasteiger partial charge in [0.25, 0.3) is 5.91 Å². The largest absolute Gasteiger partial charge is 0.391 e. The van der Waals surface area contributed by atoms with Crippen molar-refractivity contribution in [1.82, 2.24) is 9.62 Å². The monoisotopic (exact) mass is 368 g/mol. The van der Waals surface area contributed by atoms with Crippen LogP contribution in [0.5, 0.6) is 0 Å². The summed E-state index contributed by atoms with van der Waals surface area (Å²) < 4.78 is 32.7. The molecule has 1 amide bonds. The molecule has 1 atom stereocenters. The van der Waals surface area contributed by atoms with Crippen LogP contribution in [0.15, 0.2) is 29.2 Å². The molecular weight excluding hydrogens is 344 g/mol. The molecule has 0 aliphatic carbocycles. The Balaban J connectivity index is 1.61. The van der Waals surface area contributed by atoms with E-state index in [0.717, 1.165) is 12.8 Å². The molecule has 0 spiro atoms. The van der Waals surface area contributed by atoms with E-state index in [1.807, 2.05) is 0 Å². The first-order chi connectivity index (χ1) is 12.0. The molecule has 7 nitrogen and oxygen atoms in total. The van der Waals surface area contributed by atoms with Gasteiger partial charge in [-0.1, -0.05) is 0 Å². The zero-order chi connectivity index (χ0) is 17.9. The van der Waals surface area contributed by atoms with Gasteiger partial charge < -0.3 is 14.7 Å². The summed E-state index contributed by atoms with van der Waals surface area (Å²) in [5.74, 6) is 0.113. The zero-order valence-corrected chi connectivity index (χ0v) is 14.9. The number of ether oxygens (including phenoxy) is 1. The predicted molar refractivity (Wildman–Crippen MR) is 91.7 cm³/mol. The second-order valence-electron chi connectivity index (χ2n) is 6.63. The van der Waals surface area contributed by atoms with Gasteiger partial charge in [-0.05, 0) is 49.4 Å². The van der Waals surface area contributed by atoms with Gasteiger partial charge in [-0.25, -0.2) is 13.1 Å². The number of nitrogens with zero attached hydrogens (tertiary/aromatic N) is 1. The quantitative estimate of drug-likeness (QED) is 0.793. The van der Waals surface area contributed by atoms with Crippen LogP contribution in [0.25, 0.3) is 0 Å². The Kier molecular flexibility index (Phi) is 5.73. The molecule has 0 aromatic heterocycles. The summed E-state index contributed by atoms with van der Waals surface area (Å²) in [7, 11) is -3.59. The molecule has 25 heavy (non-hydrogen) atoms. The molecule has 138 valence electrons. The number of carbonyl (C=O) groups excluding carboxylic acids is 1. The van der Waals surface area contributed by atoms with Gasteiger partial charge in [0, 0.05) is 38.4 Å². The van der Waals surface area contributed by atoms with Crippen molar-refractivity contribution in [2.75, 3.05) is 32.8 Å². The maximum Gasteiger partial charge on any atom is 0.253 e. The van der Waals surface area contributed by atoms with E-state index in [1.54, 1.807) is 4.90 Å². The molecule has 2 aliphatic heterocycles. The first-order valence-corrected chi connectivity index (χ1v) is 10.1. The molecule has 3 rings (SSSR count). The Bertz CT molecular complexity index is 698. The van der Waals surface area contributed by atoms with Crippen LogP contribution in [0.3, 0.4) is 0 Å². The number of aliphatic hydroxyl groups excluding tert-OH is 1. The van der Waals surface area contributed by atoms with Crippen LogP contribution in [0.4, 0.5) is 0 Å². The fourth-order valence-electron chi connectivity index (χ4n) is 3.15. The number of benzene rings is 1. The molecule has 0 unspecified atom stereocenters. The normalized spacial score (nSPS) is 22.3. The smallest absolute Gasteiger partial charge is 0.253 e. The third kappa shape index (κ3) is 4.58. The van der Waals surface area contributed by atoms with E-state index in [4.69, 9.17) is 4.74 Å². The van der Waals surface area contributed by atoms with Crippen molar-refractivity contribution in [2.45, 2.75) is 30.3 Å². The minimum atomic E-state index is -3.59. The second kappa shape index (κ2) is 7.82. The van der Waals surface area contributed by atoms with Gasteiger partial charge in [-0.3, -0.25) is 4.79 Å². The third-order valence-corrected chi connectivity index (χ3v) is 6.20. The van der Waals surface area contributed by atoms with Crippen LogP contribution in [0, 0.1) is 5.92 Å². The van der Waals surface area contributed by atoms with E-state index < -0.39 is 16.1 Å². The van der Waals surface area contributed by atoms with Crippen LogP contribution in [-0.4, -0.2) is 63.3 Å². The molecule has 8 heteroatoms. The minimum absolute atomic E-state index is 0.151. The molecule has 1 aromatic rings. The number of sulfonamides is 1. The first kappa shape index (κ1) is 18.3. The zero-order valence-electron chi connectivity index (χ0n) is 14.1. The average Bonchev–Trinajstić information content (AvgIpc) is 3.07. The van der Waals surface area contributed by atoms with Gasteiger partial charge in [0.15, 0.2) is 0 Å². The molecule has 2 heterocycles. The molecule has 1 aromatic carbocycles. The molecule has 2 saturated heterocycles. The number of hydrogen-bond donors (Lipinski definition) is 2. The SMILES string of the molecule is O=C(c1ccc(S(=O)(=O)NCC2CCOCC2)cc1)N1CC[C@@H](O)C1. The number of hydrogen-bond acceptors (Lipinski definition) is 5. The fourth-order valence-corrected chi connectivity index (χ4v) is 4.26. The standard InChI is InChI=1S/C17H24N2O5S/c20-15-5-8-19(12-15)17(21)14-1-3-16(4-2-14)25(22,23)18-11-13-6-9-24-10-7-13/h1-4,13,15,18,20H,5-12H2/t15-/m1/s1. The summed E-state index contributed by atoms with van der Waals surface area (Å²) in [5.41, 5.74) is 0.428. The van der Waals surface area contributed by atoms with E-state index >= 15 is 0 Å². The first-order valence-electron chi connectivity index (χ1n) is 8.60. The summed E-state index contributed by atoms with van der Waals surface area (Å²) in [5, 5.41) is 9.52. The van der Waals surface area contributed by atoms with Gasteiger partial charge >= 0.3 is 0 Å². The lowest BCUT2D eigenvalue weighted by molar-refractivity contribution is 0.0678. The topological polar surface area (TPSA) is 95.9 Å². The Morgan fingerprint density at radius 2 is 1.88 bits per heavy atom. The molecule has 2 N–H and O–H groups in total. The second-order valence-corrected chi connectivity index (χ2v) is 8.39. The van der Waals surface area contributed by atoms with Crippen molar-refractivity contribution in [3.05, 3.63) is 29.8 Å². The number of nitrogens with one attached hydrogen (secondary N) is 1. The number of β-amino-alcohol motifs (C(OH)–C–C–N with tert-alkyl or cyclic N) is 1. The molecule has 0 bridgehead atoms. The summed E-state index contributed by atoms with van der Waals surface area (Å²) >= 11 is 0. The van der Waals surface area contributed by atoms with Crippen LogP contribution in [0.2, 0.25) is 0 Å². The number of amides is 1. The molecule has 0 radical (unpaired) electrons. The fraction of sp³-hybridized carbons (Fsp3) is 0.588. The lowest BCUT2D eigenvalue weighted by Crippen LogP contribution is -2.32. The summed E-state index contributed by atoms with van der Waals surface area (Å²) in [6.45, 7) is 2.60. The van der Waals surface area contributed by atoms with Crippen LogP contribution in [-0.2, 0) is 14.8 Å². The number of carbonyl (C=O) groups is 1. The molecule has 2 fully saturated rings. The summed E-state index contributed by atoms with van der Waals surface area (Å²) in [6, 6.07) is 5.95. The van der Waals surface area contributed by atoms with E-state index in [0.29, 0.717) is 50.8 Å². The lowest BCUT2D eigenvalue weighted by Gasteiger charge is -2.22. The van der Waals surface area contributed by atoms with E-state index in [2.05, 4.69) is 4.72 Å². The molecule has 2 aliphatic rings. The van der Waals surface area contributed by atoms with Crippen molar-refractivity contribution in [3.63, 3.8) is 0 Å². The van der Waals surface area contributed by atoms with Gasteiger partial charge in [0.05, 0.1) is 11.0 Å². The van der Waals surface area contributed by atoms with E-state index in [9.17, 15) is 18.3 Å². The Morgan fingerprint density at radius 1 is 1.20 bits per heavy atom. The van der Waals surface area contributed by atoms with Crippen LogP contribution < -0.4 is 4.72 Å². The maximum absolute atomic E-state index is 12.4. The summed E-state index contributed by atoms with van der Waals surface area (Å²) in [6.07, 6.45) is 1.82.